The van der Waals surface area contributed by atoms with E-state index in [1.807, 2.05) is 18.7 Å². The predicted octanol–water partition coefficient (Wildman–Crippen LogP) is 1.41. The van der Waals surface area contributed by atoms with E-state index in [0.29, 0.717) is 44.7 Å². The van der Waals surface area contributed by atoms with Gasteiger partial charge in [-0.05, 0) is 49.9 Å². The Morgan fingerprint density at radius 1 is 0.969 bits per heavy atom. The molecule has 9 nitrogen and oxygen atoms in total. The third-order valence-electron chi connectivity index (χ3n) is 6.20. The highest BCUT2D eigenvalue weighted by Gasteiger charge is 2.34. The zero-order valence-electron chi connectivity index (χ0n) is 18.6. The molecule has 0 aromatic heterocycles. The number of anilines is 1. The number of carbonyl (C=O) groups excluding carboxylic acids is 3. The minimum atomic E-state index is -3.78. The van der Waals surface area contributed by atoms with Crippen LogP contribution in [0.25, 0.3) is 0 Å². The fourth-order valence-electron chi connectivity index (χ4n) is 4.34. The van der Waals surface area contributed by atoms with Crippen molar-refractivity contribution in [3.05, 3.63) is 24.3 Å². The molecular formula is C22H32N4O5S. The van der Waals surface area contributed by atoms with Crippen LogP contribution in [-0.4, -0.2) is 62.1 Å². The fraction of sp³-hybridized carbons (Fsp3) is 0.591. The number of benzene rings is 1. The van der Waals surface area contributed by atoms with E-state index in [1.54, 1.807) is 4.90 Å². The van der Waals surface area contributed by atoms with Crippen LogP contribution in [0.1, 0.15) is 39.5 Å². The first kappa shape index (κ1) is 24.2. The van der Waals surface area contributed by atoms with Crippen molar-refractivity contribution in [1.82, 2.24) is 9.80 Å². The predicted molar refractivity (Wildman–Crippen MR) is 120 cm³/mol. The van der Waals surface area contributed by atoms with E-state index >= 15 is 0 Å². The van der Waals surface area contributed by atoms with Crippen molar-refractivity contribution in [2.24, 2.45) is 22.9 Å². The molecule has 3 amide bonds. The van der Waals surface area contributed by atoms with Gasteiger partial charge in [0, 0.05) is 43.7 Å². The summed E-state index contributed by atoms with van der Waals surface area (Å²) in [5, 5.41) is 7.89. The monoisotopic (exact) mass is 464 g/mol. The quantitative estimate of drug-likeness (QED) is 0.680. The van der Waals surface area contributed by atoms with Crippen LogP contribution in [-0.2, 0) is 24.4 Å². The lowest BCUT2D eigenvalue weighted by Gasteiger charge is -2.38. The normalized spacial score (nSPS) is 20.3. The summed E-state index contributed by atoms with van der Waals surface area (Å²) in [5.74, 6) is -0.448. The first-order valence-electron chi connectivity index (χ1n) is 11.1. The summed E-state index contributed by atoms with van der Waals surface area (Å²) in [7, 11) is -3.78. The summed E-state index contributed by atoms with van der Waals surface area (Å²) in [6, 6.07) is 5.71. The molecule has 2 saturated heterocycles. The standard InChI is InChI=1S/C22H32N4O5S/c1-15(2)21(28)26-11-3-4-17(14-26)22(29)25-12-9-16(10-13-25)20(27)24-18-5-7-19(8-6-18)32(23,30)31/h5-8,15-17H,3-4,9-14H2,1-2H3,(H,24,27)(H2,23,30,31). The van der Waals surface area contributed by atoms with E-state index < -0.39 is 10.0 Å². The van der Waals surface area contributed by atoms with Crippen LogP contribution in [0.15, 0.2) is 29.2 Å². The number of nitrogens with one attached hydrogen (secondary N) is 1. The van der Waals surface area contributed by atoms with Gasteiger partial charge in [-0.25, -0.2) is 13.6 Å². The van der Waals surface area contributed by atoms with E-state index in [-0.39, 0.29) is 40.4 Å². The van der Waals surface area contributed by atoms with Gasteiger partial charge >= 0.3 is 0 Å². The lowest BCUT2D eigenvalue weighted by molar-refractivity contribution is -0.144. The van der Waals surface area contributed by atoms with Gasteiger partial charge in [-0.3, -0.25) is 14.4 Å². The fourth-order valence-corrected chi connectivity index (χ4v) is 4.85. The van der Waals surface area contributed by atoms with Gasteiger partial charge in [-0.2, -0.15) is 0 Å². The number of amides is 3. The maximum atomic E-state index is 13.0. The van der Waals surface area contributed by atoms with Crippen LogP contribution in [0, 0.1) is 17.8 Å². The Morgan fingerprint density at radius 3 is 2.16 bits per heavy atom. The molecule has 1 atom stereocenters. The zero-order valence-corrected chi connectivity index (χ0v) is 19.4. The minimum Gasteiger partial charge on any atom is -0.342 e. The number of hydrogen-bond acceptors (Lipinski definition) is 5. The number of sulfonamides is 1. The topological polar surface area (TPSA) is 130 Å². The Hall–Kier alpha value is -2.46. The number of nitrogens with zero attached hydrogens (tertiary/aromatic N) is 2. The van der Waals surface area contributed by atoms with Gasteiger partial charge < -0.3 is 15.1 Å². The summed E-state index contributed by atoms with van der Waals surface area (Å²) >= 11 is 0. The molecule has 176 valence electrons. The Bertz CT molecular complexity index is 953. The highest BCUT2D eigenvalue weighted by atomic mass is 32.2. The number of piperidine rings is 2. The van der Waals surface area contributed by atoms with Crippen LogP contribution < -0.4 is 10.5 Å². The Kier molecular flexibility index (Phi) is 7.55. The molecule has 1 aromatic rings. The number of likely N-dealkylation sites (tertiary alicyclic amines) is 2. The molecule has 2 fully saturated rings. The molecule has 0 bridgehead atoms. The molecule has 0 spiro atoms. The number of rotatable bonds is 5. The van der Waals surface area contributed by atoms with E-state index in [0.717, 1.165) is 12.8 Å². The first-order chi connectivity index (χ1) is 15.1. The smallest absolute Gasteiger partial charge is 0.238 e. The molecule has 2 aliphatic rings. The van der Waals surface area contributed by atoms with Crippen molar-refractivity contribution in [2.75, 3.05) is 31.5 Å². The van der Waals surface area contributed by atoms with Gasteiger partial charge in [0.1, 0.15) is 0 Å². The molecule has 1 unspecified atom stereocenters. The zero-order chi connectivity index (χ0) is 23.5. The van der Waals surface area contributed by atoms with E-state index in [1.165, 1.54) is 24.3 Å². The highest BCUT2D eigenvalue weighted by molar-refractivity contribution is 7.89. The van der Waals surface area contributed by atoms with Crippen LogP contribution in [0.3, 0.4) is 0 Å². The minimum absolute atomic E-state index is 0.0151. The van der Waals surface area contributed by atoms with Gasteiger partial charge in [-0.15, -0.1) is 0 Å². The molecular weight excluding hydrogens is 432 g/mol. The summed E-state index contributed by atoms with van der Waals surface area (Å²) in [6.07, 6.45) is 2.75. The second-order valence-corrected chi connectivity index (χ2v) is 10.5. The molecule has 10 heteroatoms. The second kappa shape index (κ2) is 9.99. The number of nitrogens with two attached hydrogens (primary N) is 1. The van der Waals surface area contributed by atoms with Crippen molar-refractivity contribution in [1.29, 1.82) is 0 Å². The molecule has 3 N–H and O–H groups in total. The molecule has 0 saturated carbocycles. The van der Waals surface area contributed by atoms with E-state index in [9.17, 15) is 22.8 Å². The summed E-state index contributed by atoms with van der Waals surface area (Å²) in [5.41, 5.74) is 0.498. The summed E-state index contributed by atoms with van der Waals surface area (Å²) in [4.78, 5) is 41.5. The van der Waals surface area contributed by atoms with Crippen molar-refractivity contribution in [3.63, 3.8) is 0 Å². The molecule has 0 radical (unpaired) electrons. The number of carbonyl (C=O) groups is 3. The third-order valence-corrected chi connectivity index (χ3v) is 7.13. The van der Waals surface area contributed by atoms with Crippen molar-refractivity contribution in [3.8, 4) is 0 Å². The lowest BCUT2D eigenvalue weighted by Crippen LogP contribution is -2.50. The highest BCUT2D eigenvalue weighted by Crippen LogP contribution is 2.25. The van der Waals surface area contributed by atoms with Crippen molar-refractivity contribution >= 4 is 33.4 Å². The Balaban J connectivity index is 1.50. The summed E-state index contributed by atoms with van der Waals surface area (Å²) in [6.45, 7) is 5.95. The van der Waals surface area contributed by atoms with Gasteiger partial charge in [-0.1, -0.05) is 13.8 Å². The molecule has 2 aliphatic heterocycles. The Morgan fingerprint density at radius 2 is 1.59 bits per heavy atom. The Labute approximate surface area is 189 Å². The maximum Gasteiger partial charge on any atom is 0.238 e. The van der Waals surface area contributed by atoms with Crippen LogP contribution >= 0.6 is 0 Å². The second-order valence-electron chi connectivity index (χ2n) is 8.94. The third kappa shape index (κ3) is 5.86. The van der Waals surface area contributed by atoms with Gasteiger partial charge in [0.15, 0.2) is 0 Å². The van der Waals surface area contributed by atoms with Crippen molar-refractivity contribution < 1.29 is 22.8 Å². The largest absolute Gasteiger partial charge is 0.342 e. The van der Waals surface area contributed by atoms with Crippen LogP contribution in [0.5, 0.6) is 0 Å². The van der Waals surface area contributed by atoms with Crippen LogP contribution in [0.4, 0.5) is 5.69 Å². The van der Waals surface area contributed by atoms with Gasteiger partial charge in [0.05, 0.1) is 10.8 Å². The molecule has 3 rings (SSSR count). The molecule has 2 heterocycles. The average molecular weight is 465 g/mol. The number of hydrogen-bond donors (Lipinski definition) is 2. The van der Waals surface area contributed by atoms with Gasteiger partial charge in [0.2, 0.25) is 27.7 Å². The van der Waals surface area contributed by atoms with E-state index in [4.69, 9.17) is 5.14 Å². The number of primary sulfonamides is 1. The van der Waals surface area contributed by atoms with Crippen LogP contribution in [0.2, 0.25) is 0 Å². The first-order valence-corrected chi connectivity index (χ1v) is 12.6. The lowest BCUT2D eigenvalue weighted by atomic mass is 9.92. The van der Waals surface area contributed by atoms with Gasteiger partial charge in [0.25, 0.3) is 0 Å². The average Bonchev–Trinajstić information content (AvgIpc) is 2.78. The van der Waals surface area contributed by atoms with Crippen molar-refractivity contribution in [2.45, 2.75) is 44.4 Å². The maximum absolute atomic E-state index is 13.0. The molecule has 1 aromatic carbocycles. The molecule has 32 heavy (non-hydrogen) atoms. The molecule has 0 aliphatic carbocycles. The van der Waals surface area contributed by atoms with E-state index in [2.05, 4.69) is 5.32 Å². The summed E-state index contributed by atoms with van der Waals surface area (Å²) < 4.78 is 22.7. The SMILES string of the molecule is CC(C)C(=O)N1CCCC(C(=O)N2CCC(C(=O)Nc3ccc(S(N)(=O)=O)cc3)CC2)C1.